The zero-order valence-electron chi connectivity index (χ0n) is 17.3. The monoisotopic (exact) mass is 409 g/mol. The van der Waals surface area contributed by atoms with Crippen LogP contribution in [0.5, 0.6) is 5.75 Å². The predicted molar refractivity (Wildman–Crippen MR) is 123 cm³/mol. The smallest absolute Gasteiger partial charge is 0.253 e. The topological polar surface area (TPSA) is 57.4 Å². The Hall–Kier alpha value is -2.86. The van der Waals surface area contributed by atoms with E-state index in [4.69, 9.17) is 17.0 Å². The van der Waals surface area contributed by atoms with Crippen molar-refractivity contribution >= 4 is 28.2 Å². The number of pyridine rings is 1. The van der Waals surface area contributed by atoms with Crippen LogP contribution in [0.2, 0.25) is 0 Å². The fourth-order valence-corrected chi connectivity index (χ4v) is 3.53. The average Bonchev–Trinajstić information content (AvgIpc) is 2.70. The van der Waals surface area contributed by atoms with Crippen LogP contribution in [0.3, 0.4) is 0 Å². The molecule has 0 aliphatic carbocycles. The van der Waals surface area contributed by atoms with Gasteiger partial charge in [-0.1, -0.05) is 12.1 Å². The molecule has 0 spiro atoms. The van der Waals surface area contributed by atoms with Gasteiger partial charge in [0.05, 0.1) is 13.7 Å². The van der Waals surface area contributed by atoms with Crippen molar-refractivity contribution in [1.82, 2.24) is 15.2 Å². The van der Waals surface area contributed by atoms with Crippen LogP contribution in [0.1, 0.15) is 29.2 Å². The molecule has 1 aromatic heterocycles. The SMILES string of the molecule is CCNC(=S)N(Cc1ccc(OC)cc1)Cc1cc2cc(C)c(C)cc2[nH]c1=O. The van der Waals surface area contributed by atoms with E-state index in [0.717, 1.165) is 34.3 Å². The Morgan fingerprint density at radius 1 is 1.10 bits per heavy atom. The molecule has 29 heavy (non-hydrogen) atoms. The van der Waals surface area contributed by atoms with E-state index < -0.39 is 0 Å². The molecule has 0 saturated heterocycles. The van der Waals surface area contributed by atoms with Crippen molar-refractivity contribution in [2.24, 2.45) is 0 Å². The van der Waals surface area contributed by atoms with Crippen molar-refractivity contribution in [1.29, 1.82) is 0 Å². The number of nitrogens with one attached hydrogen (secondary N) is 2. The zero-order chi connectivity index (χ0) is 21.0. The van der Waals surface area contributed by atoms with E-state index in [1.165, 1.54) is 5.56 Å². The molecule has 0 fully saturated rings. The van der Waals surface area contributed by atoms with Crippen molar-refractivity contribution in [3.8, 4) is 5.75 Å². The number of H-pyrrole nitrogens is 1. The second kappa shape index (κ2) is 9.09. The number of hydrogen-bond acceptors (Lipinski definition) is 3. The van der Waals surface area contributed by atoms with Crippen LogP contribution in [0, 0.1) is 13.8 Å². The molecule has 5 nitrogen and oxygen atoms in total. The summed E-state index contributed by atoms with van der Waals surface area (Å²) in [7, 11) is 1.65. The summed E-state index contributed by atoms with van der Waals surface area (Å²) < 4.78 is 5.23. The Labute approximate surface area is 176 Å². The first-order valence-corrected chi connectivity index (χ1v) is 10.1. The maximum atomic E-state index is 12.7. The molecule has 0 aliphatic rings. The van der Waals surface area contributed by atoms with Gasteiger partial charge < -0.3 is 19.9 Å². The number of fused-ring (bicyclic) bond motifs is 1. The van der Waals surface area contributed by atoms with Gasteiger partial charge in [-0.25, -0.2) is 0 Å². The molecule has 0 bridgehead atoms. The van der Waals surface area contributed by atoms with Crippen LogP contribution in [-0.2, 0) is 13.1 Å². The lowest BCUT2D eigenvalue weighted by Gasteiger charge is -2.26. The van der Waals surface area contributed by atoms with Crippen LogP contribution >= 0.6 is 12.2 Å². The number of thiocarbonyl (C=S) groups is 1. The molecule has 0 unspecified atom stereocenters. The molecule has 0 radical (unpaired) electrons. The van der Waals surface area contributed by atoms with E-state index in [2.05, 4.69) is 23.3 Å². The number of aromatic nitrogens is 1. The highest BCUT2D eigenvalue weighted by atomic mass is 32.1. The lowest BCUT2D eigenvalue weighted by Crippen LogP contribution is -2.39. The average molecular weight is 410 g/mol. The molecule has 6 heteroatoms. The van der Waals surface area contributed by atoms with Crippen molar-refractivity contribution in [2.75, 3.05) is 13.7 Å². The number of aryl methyl sites for hydroxylation is 2. The number of rotatable bonds is 6. The van der Waals surface area contributed by atoms with Gasteiger partial charge in [-0.2, -0.15) is 0 Å². The Morgan fingerprint density at radius 3 is 2.45 bits per heavy atom. The number of nitrogens with zero attached hydrogens (tertiary/aromatic N) is 1. The van der Waals surface area contributed by atoms with Gasteiger partial charge in [0, 0.05) is 24.2 Å². The third kappa shape index (κ3) is 4.95. The van der Waals surface area contributed by atoms with Crippen LogP contribution in [-0.4, -0.2) is 28.7 Å². The first-order valence-electron chi connectivity index (χ1n) is 9.70. The number of aromatic amines is 1. The largest absolute Gasteiger partial charge is 0.497 e. The van der Waals surface area contributed by atoms with Crippen LogP contribution in [0.15, 0.2) is 47.3 Å². The van der Waals surface area contributed by atoms with Crippen molar-refractivity contribution in [3.05, 3.63) is 75.1 Å². The first kappa shape index (κ1) is 20.9. The minimum Gasteiger partial charge on any atom is -0.497 e. The second-order valence-electron chi connectivity index (χ2n) is 7.19. The summed E-state index contributed by atoms with van der Waals surface area (Å²) in [6, 6.07) is 14.0. The van der Waals surface area contributed by atoms with Gasteiger partial charge in [0.2, 0.25) is 0 Å². The van der Waals surface area contributed by atoms with Crippen LogP contribution in [0.25, 0.3) is 10.9 Å². The fraction of sp³-hybridized carbons (Fsp3) is 0.304. The highest BCUT2D eigenvalue weighted by molar-refractivity contribution is 7.80. The van der Waals surface area contributed by atoms with E-state index in [0.29, 0.717) is 23.8 Å². The van der Waals surface area contributed by atoms with E-state index in [1.54, 1.807) is 7.11 Å². The number of methoxy groups -OCH3 is 1. The summed E-state index contributed by atoms with van der Waals surface area (Å²) in [6.45, 7) is 7.88. The molecule has 3 aromatic rings. The number of hydrogen-bond donors (Lipinski definition) is 2. The van der Waals surface area contributed by atoms with E-state index >= 15 is 0 Å². The molecule has 3 rings (SSSR count). The minimum atomic E-state index is -0.0835. The molecule has 0 saturated carbocycles. The predicted octanol–water partition coefficient (Wildman–Crippen LogP) is 4.05. The summed E-state index contributed by atoms with van der Waals surface area (Å²) in [4.78, 5) is 17.8. The highest BCUT2D eigenvalue weighted by Gasteiger charge is 2.14. The number of benzene rings is 2. The second-order valence-corrected chi connectivity index (χ2v) is 7.57. The van der Waals surface area contributed by atoms with E-state index in [9.17, 15) is 4.79 Å². The van der Waals surface area contributed by atoms with Gasteiger partial charge in [0.1, 0.15) is 5.75 Å². The van der Waals surface area contributed by atoms with Gasteiger partial charge >= 0.3 is 0 Å². The molecule has 152 valence electrons. The van der Waals surface area contributed by atoms with Crippen LogP contribution in [0.4, 0.5) is 0 Å². The summed E-state index contributed by atoms with van der Waals surface area (Å²) in [5.41, 5.74) is 4.92. The van der Waals surface area contributed by atoms with Gasteiger partial charge in [-0.15, -0.1) is 0 Å². The molecule has 0 amide bonds. The summed E-state index contributed by atoms with van der Waals surface area (Å²) in [6.07, 6.45) is 0. The maximum Gasteiger partial charge on any atom is 0.253 e. The minimum absolute atomic E-state index is 0.0835. The van der Waals surface area contributed by atoms with Crippen molar-refractivity contribution < 1.29 is 4.74 Å². The maximum absolute atomic E-state index is 12.7. The van der Waals surface area contributed by atoms with Gasteiger partial charge in [-0.3, -0.25) is 4.79 Å². The first-order chi connectivity index (χ1) is 13.9. The summed E-state index contributed by atoms with van der Waals surface area (Å²) >= 11 is 5.58. The molecule has 1 heterocycles. The number of ether oxygens (including phenoxy) is 1. The zero-order valence-corrected chi connectivity index (χ0v) is 18.2. The normalized spacial score (nSPS) is 10.8. The molecule has 2 aromatic carbocycles. The van der Waals surface area contributed by atoms with Crippen molar-refractivity contribution in [2.45, 2.75) is 33.9 Å². The van der Waals surface area contributed by atoms with Crippen LogP contribution < -0.4 is 15.6 Å². The Bertz CT molecular complexity index is 1070. The summed E-state index contributed by atoms with van der Waals surface area (Å²) in [5, 5.41) is 4.86. The summed E-state index contributed by atoms with van der Waals surface area (Å²) in [5.74, 6) is 0.811. The lowest BCUT2D eigenvalue weighted by atomic mass is 10.0. The third-order valence-electron chi connectivity index (χ3n) is 5.04. The Balaban J connectivity index is 1.92. The Morgan fingerprint density at radius 2 is 1.79 bits per heavy atom. The molecule has 0 aliphatic heterocycles. The quantitative estimate of drug-likeness (QED) is 0.602. The van der Waals surface area contributed by atoms with E-state index in [1.807, 2.05) is 55.1 Å². The molecular formula is C23H27N3O2S. The van der Waals surface area contributed by atoms with Gasteiger partial charge in [0.25, 0.3) is 5.56 Å². The van der Waals surface area contributed by atoms with Gasteiger partial charge in [0.15, 0.2) is 5.11 Å². The fourth-order valence-electron chi connectivity index (χ4n) is 3.26. The Kier molecular flexibility index (Phi) is 6.54. The van der Waals surface area contributed by atoms with Gasteiger partial charge in [-0.05, 0) is 85.4 Å². The lowest BCUT2D eigenvalue weighted by molar-refractivity contribution is 0.396. The molecule has 0 atom stereocenters. The standard InChI is InChI=1S/C23H27N3O2S/c1-5-24-23(29)26(13-17-6-8-20(28-4)9-7-17)14-19-12-18-10-15(2)16(3)11-21(18)25-22(19)27/h6-12H,5,13-14H2,1-4H3,(H,24,29)(H,25,27). The highest BCUT2D eigenvalue weighted by Crippen LogP contribution is 2.19. The molecule has 2 N–H and O–H groups in total. The van der Waals surface area contributed by atoms with E-state index in [-0.39, 0.29) is 5.56 Å². The van der Waals surface area contributed by atoms with Crippen molar-refractivity contribution in [3.63, 3.8) is 0 Å². The third-order valence-corrected chi connectivity index (χ3v) is 5.45. The molecular weight excluding hydrogens is 382 g/mol.